The van der Waals surface area contributed by atoms with Crippen LogP contribution in [0, 0.1) is 3.95 Å². The number of anilines is 1. The molecule has 0 atom stereocenters. The summed E-state index contributed by atoms with van der Waals surface area (Å²) in [7, 11) is 3.37. The van der Waals surface area contributed by atoms with Gasteiger partial charge in [0.05, 0.1) is 13.1 Å². The lowest BCUT2D eigenvalue weighted by molar-refractivity contribution is -0.679. The van der Waals surface area contributed by atoms with Crippen molar-refractivity contribution in [3.05, 3.63) is 3.95 Å². The first kappa shape index (κ1) is 9.09. The van der Waals surface area contributed by atoms with E-state index in [4.69, 9.17) is 12.2 Å². The summed E-state index contributed by atoms with van der Waals surface area (Å²) in [5, 5.41) is 4.46. The lowest BCUT2D eigenvalue weighted by atomic mass is 10.7. The molecule has 11 heavy (non-hydrogen) atoms. The summed E-state index contributed by atoms with van der Waals surface area (Å²) in [6.45, 7) is 6.12. The van der Waals surface area contributed by atoms with Crippen molar-refractivity contribution in [3.63, 3.8) is 0 Å². The lowest BCUT2D eigenvalue weighted by Crippen LogP contribution is -2.34. The standard InChI is InChI=1S/C6H10N2S3/c1-3-7-5-8(4-2)6(9)11-10-5/h3-4H2,1-2H3/p+1. The van der Waals surface area contributed by atoms with Gasteiger partial charge >= 0.3 is 5.13 Å². The van der Waals surface area contributed by atoms with Gasteiger partial charge in [-0.05, 0) is 36.4 Å². The van der Waals surface area contributed by atoms with Crippen LogP contribution in [0.1, 0.15) is 13.8 Å². The highest BCUT2D eigenvalue weighted by atomic mass is 32.9. The maximum atomic E-state index is 5.14. The molecule has 0 bridgehead atoms. The number of aromatic nitrogens is 1. The van der Waals surface area contributed by atoms with Gasteiger partial charge in [0.2, 0.25) is 0 Å². The van der Waals surface area contributed by atoms with Crippen molar-refractivity contribution >= 4 is 38.0 Å². The van der Waals surface area contributed by atoms with Crippen LogP contribution in [0.4, 0.5) is 5.13 Å². The Morgan fingerprint density at radius 3 is 2.73 bits per heavy atom. The molecule has 62 valence electrons. The second kappa shape index (κ2) is 4.13. The summed E-state index contributed by atoms with van der Waals surface area (Å²) in [4.78, 5) is 0. The molecule has 1 heterocycles. The second-order valence-corrected chi connectivity index (χ2v) is 4.76. The number of rotatable bonds is 3. The molecule has 0 radical (unpaired) electrons. The van der Waals surface area contributed by atoms with Crippen molar-refractivity contribution in [3.8, 4) is 0 Å². The first-order valence-electron chi connectivity index (χ1n) is 3.56. The van der Waals surface area contributed by atoms with E-state index in [1.165, 1.54) is 5.13 Å². The second-order valence-electron chi connectivity index (χ2n) is 2.01. The van der Waals surface area contributed by atoms with Crippen LogP contribution in [0.3, 0.4) is 0 Å². The van der Waals surface area contributed by atoms with E-state index in [1.54, 1.807) is 20.7 Å². The van der Waals surface area contributed by atoms with Gasteiger partial charge in [-0.25, -0.2) is 0 Å². The third kappa shape index (κ3) is 1.98. The third-order valence-corrected chi connectivity index (χ3v) is 4.25. The van der Waals surface area contributed by atoms with Crippen LogP contribution in [0.25, 0.3) is 0 Å². The van der Waals surface area contributed by atoms with Crippen molar-refractivity contribution in [2.45, 2.75) is 20.4 Å². The molecule has 1 N–H and O–H groups in total. The van der Waals surface area contributed by atoms with Gasteiger partial charge in [0.15, 0.2) is 0 Å². The van der Waals surface area contributed by atoms with Gasteiger partial charge in [-0.3, -0.25) is 5.32 Å². The fraction of sp³-hybridized carbons (Fsp3) is 0.667. The summed E-state index contributed by atoms with van der Waals surface area (Å²) < 4.78 is 3.09. The molecule has 0 saturated carbocycles. The van der Waals surface area contributed by atoms with E-state index >= 15 is 0 Å². The Morgan fingerprint density at radius 1 is 1.45 bits per heavy atom. The molecular weight excluding hydrogens is 196 g/mol. The van der Waals surface area contributed by atoms with Crippen LogP contribution < -0.4 is 9.88 Å². The van der Waals surface area contributed by atoms with Crippen molar-refractivity contribution < 1.29 is 4.57 Å². The Kier molecular flexibility index (Phi) is 3.42. The summed E-state index contributed by atoms with van der Waals surface area (Å²) in [5.74, 6) is 0. The predicted octanol–water partition coefficient (Wildman–Crippen LogP) is 2.28. The predicted molar refractivity (Wildman–Crippen MR) is 53.1 cm³/mol. The first-order valence-corrected chi connectivity index (χ1v) is 6.12. The summed E-state index contributed by atoms with van der Waals surface area (Å²) in [6.07, 6.45) is 0. The Bertz CT molecular complexity index is 276. The molecule has 0 spiro atoms. The quantitative estimate of drug-likeness (QED) is 0.465. The molecule has 0 saturated heterocycles. The average molecular weight is 207 g/mol. The van der Waals surface area contributed by atoms with Gasteiger partial charge < -0.3 is 0 Å². The fourth-order valence-corrected chi connectivity index (χ4v) is 3.58. The van der Waals surface area contributed by atoms with Crippen molar-refractivity contribution in [1.82, 2.24) is 0 Å². The number of hydrogen-bond acceptors (Lipinski definition) is 4. The molecule has 1 aromatic rings. The molecule has 0 amide bonds. The molecule has 1 rings (SSSR count). The maximum Gasteiger partial charge on any atom is 0.345 e. The highest BCUT2D eigenvalue weighted by molar-refractivity contribution is 7.79. The highest BCUT2D eigenvalue weighted by Crippen LogP contribution is 2.16. The van der Waals surface area contributed by atoms with Gasteiger partial charge in [0.25, 0.3) is 3.95 Å². The van der Waals surface area contributed by atoms with E-state index in [2.05, 4.69) is 23.7 Å². The molecule has 0 aliphatic carbocycles. The van der Waals surface area contributed by atoms with E-state index in [-0.39, 0.29) is 0 Å². The SMILES string of the molecule is CCNc1ssc(=S)[n+]1CC. The number of hydrogen-bond donors (Lipinski definition) is 1. The van der Waals surface area contributed by atoms with Gasteiger partial charge in [0.1, 0.15) is 0 Å². The monoisotopic (exact) mass is 207 g/mol. The minimum Gasteiger partial charge on any atom is -0.265 e. The first-order chi connectivity index (χ1) is 5.29. The zero-order chi connectivity index (χ0) is 8.27. The van der Waals surface area contributed by atoms with E-state index in [9.17, 15) is 0 Å². The topological polar surface area (TPSA) is 15.9 Å². The van der Waals surface area contributed by atoms with E-state index in [1.807, 2.05) is 0 Å². The van der Waals surface area contributed by atoms with Crippen LogP contribution in [0.15, 0.2) is 0 Å². The fourth-order valence-electron chi connectivity index (χ4n) is 0.797. The number of nitrogens with zero attached hydrogens (tertiary/aromatic N) is 1. The Balaban J connectivity index is 2.96. The van der Waals surface area contributed by atoms with Gasteiger partial charge in [-0.15, -0.1) is 0 Å². The Hall–Kier alpha value is -0.0000000000000000278. The zero-order valence-corrected chi connectivity index (χ0v) is 9.04. The lowest BCUT2D eigenvalue weighted by Gasteiger charge is -1.93. The van der Waals surface area contributed by atoms with E-state index < -0.39 is 0 Å². The molecule has 0 aromatic carbocycles. The largest absolute Gasteiger partial charge is 0.345 e. The normalized spacial score (nSPS) is 10.0. The minimum atomic E-state index is 0.959. The third-order valence-electron chi connectivity index (χ3n) is 1.30. The maximum absolute atomic E-state index is 5.14. The van der Waals surface area contributed by atoms with E-state index in [0.717, 1.165) is 17.0 Å². The zero-order valence-electron chi connectivity index (χ0n) is 6.59. The molecule has 2 nitrogen and oxygen atoms in total. The van der Waals surface area contributed by atoms with E-state index in [0.29, 0.717) is 0 Å². The Labute approximate surface area is 78.9 Å². The molecule has 5 heteroatoms. The molecular formula is C6H11N2S3+. The van der Waals surface area contributed by atoms with Crippen molar-refractivity contribution in [2.24, 2.45) is 0 Å². The van der Waals surface area contributed by atoms with Gasteiger partial charge in [-0.1, -0.05) is 0 Å². The van der Waals surface area contributed by atoms with Crippen LogP contribution >= 0.6 is 32.9 Å². The van der Waals surface area contributed by atoms with Crippen LogP contribution in [-0.2, 0) is 6.54 Å². The van der Waals surface area contributed by atoms with Crippen LogP contribution in [0.5, 0.6) is 0 Å². The molecule has 0 aliphatic heterocycles. The van der Waals surface area contributed by atoms with Crippen LogP contribution in [0.2, 0.25) is 0 Å². The summed E-state index contributed by atoms with van der Waals surface area (Å²) in [6, 6.07) is 0. The summed E-state index contributed by atoms with van der Waals surface area (Å²) >= 11 is 5.14. The molecule has 1 aromatic heterocycles. The van der Waals surface area contributed by atoms with Crippen molar-refractivity contribution in [1.29, 1.82) is 0 Å². The molecule has 0 aliphatic rings. The smallest absolute Gasteiger partial charge is 0.265 e. The van der Waals surface area contributed by atoms with Crippen molar-refractivity contribution in [2.75, 3.05) is 11.9 Å². The average Bonchev–Trinajstić information content (AvgIpc) is 2.33. The van der Waals surface area contributed by atoms with Gasteiger partial charge in [0, 0.05) is 10.3 Å². The molecule has 0 unspecified atom stereocenters. The minimum absolute atomic E-state index is 0.959. The highest BCUT2D eigenvalue weighted by Gasteiger charge is 2.10. The Morgan fingerprint density at radius 2 is 2.18 bits per heavy atom. The van der Waals surface area contributed by atoms with Gasteiger partial charge in [-0.2, -0.15) is 4.57 Å². The number of nitrogens with one attached hydrogen (secondary N) is 1. The molecule has 0 fully saturated rings. The van der Waals surface area contributed by atoms with Crippen LogP contribution in [-0.4, -0.2) is 6.54 Å². The summed E-state index contributed by atoms with van der Waals surface area (Å²) in [5.41, 5.74) is 0.